The molecule has 7 nitrogen and oxygen atoms in total. The Morgan fingerprint density at radius 1 is 1.19 bits per heavy atom. The third kappa shape index (κ3) is 4.32. The minimum atomic E-state index is -3.76. The van der Waals surface area contributed by atoms with E-state index in [1.807, 2.05) is 6.07 Å². The van der Waals surface area contributed by atoms with Crippen molar-refractivity contribution in [2.75, 3.05) is 16.2 Å². The van der Waals surface area contributed by atoms with Gasteiger partial charge in [-0.25, -0.2) is 18.2 Å². The Bertz CT molecular complexity index is 836. The number of rotatable bonds is 8. The molecule has 8 heteroatoms. The summed E-state index contributed by atoms with van der Waals surface area (Å²) in [7, 11) is -3.76. The molecule has 1 aromatic heterocycles. The van der Waals surface area contributed by atoms with Gasteiger partial charge in [-0.2, -0.15) is 0 Å². The summed E-state index contributed by atoms with van der Waals surface area (Å²) in [5, 5.41) is 12.0. The van der Waals surface area contributed by atoms with Gasteiger partial charge in [0.1, 0.15) is 16.8 Å². The fourth-order valence-electron chi connectivity index (χ4n) is 2.50. The highest BCUT2D eigenvalue weighted by Crippen LogP contribution is 2.23. The fraction of sp³-hybridized carbons (Fsp3) is 0.333. The fourth-order valence-corrected chi connectivity index (χ4v) is 3.92. The molecule has 0 fully saturated rings. The summed E-state index contributed by atoms with van der Waals surface area (Å²) < 4.78 is 27.1. The van der Waals surface area contributed by atoms with E-state index in [0.29, 0.717) is 11.5 Å². The number of nitrogens with one attached hydrogen (secondary N) is 1. The molecule has 26 heavy (non-hydrogen) atoms. The molecule has 0 bridgehead atoms. The number of carbonyl (C=O) groups is 1. The van der Waals surface area contributed by atoms with Crippen molar-refractivity contribution in [3.05, 3.63) is 48.7 Å². The molecular weight excluding hydrogens is 354 g/mol. The van der Waals surface area contributed by atoms with Gasteiger partial charge in [0.05, 0.1) is 5.69 Å². The topological polar surface area (TPSA) is 99.6 Å². The number of carboxylic acid groups (broad SMARTS) is 1. The first-order chi connectivity index (χ1) is 12.3. The van der Waals surface area contributed by atoms with Gasteiger partial charge in [0.15, 0.2) is 0 Å². The van der Waals surface area contributed by atoms with Crippen molar-refractivity contribution in [1.82, 2.24) is 4.98 Å². The quantitative estimate of drug-likeness (QED) is 0.734. The largest absolute Gasteiger partial charge is 0.480 e. The maximum absolute atomic E-state index is 12.9. The third-order valence-electron chi connectivity index (χ3n) is 3.89. The highest BCUT2D eigenvalue weighted by molar-refractivity contribution is 7.92. The second-order valence-corrected chi connectivity index (χ2v) is 7.95. The second-order valence-electron chi connectivity index (χ2n) is 6.09. The normalized spacial score (nSPS) is 12.6. The van der Waals surface area contributed by atoms with E-state index in [-0.39, 0.29) is 17.4 Å². The first-order valence-electron chi connectivity index (χ1n) is 8.30. The van der Waals surface area contributed by atoms with E-state index < -0.39 is 22.0 Å². The summed E-state index contributed by atoms with van der Waals surface area (Å²) in [6, 6.07) is 10.9. The van der Waals surface area contributed by atoms with Crippen LogP contribution in [0.2, 0.25) is 0 Å². The molecule has 0 aliphatic rings. The van der Waals surface area contributed by atoms with E-state index in [0.717, 1.165) is 0 Å². The van der Waals surface area contributed by atoms with Crippen molar-refractivity contribution in [3.8, 4) is 0 Å². The molecule has 0 radical (unpaired) electrons. The Balaban J connectivity index is 2.27. The first kappa shape index (κ1) is 19.7. The lowest BCUT2D eigenvalue weighted by Gasteiger charge is -2.23. The Morgan fingerprint density at radius 2 is 1.85 bits per heavy atom. The van der Waals surface area contributed by atoms with Crippen LogP contribution in [0.3, 0.4) is 0 Å². The number of para-hydroxylation sites is 1. The monoisotopic (exact) mass is 377 g/mol. The Labute approximate surface area is 153 Å². The van der Waals surface area contributed by atoms with Crippen LogP contribution in [0.5, 0.6) is 0 Å². The number of nitrogens with zero attached hydrogens (tertiary/aromatic N) is 2. The smallest absolute Gasteiger partial charge is 0.326 e. The Morgan fingerprint density at radius 3 is 2.31 bits per heavy atom. The Hall–Kier alpha value is -2.61. The van der Waals surface area contributed by atoms with Crippen molar-refractivity contribution in [2.45, 2.75) is 31.7 Å². The van der Waals surface area contributed by atoms with E-state index in [9.17, 15) is 18.3 Å². The number of anilines is 2. The van der Waals surface area contributed by atoms with Crippen LogP contribution in [0.15, 0.2) is 53.6 Å². The van der Waals surface area contributed by atoms with E-state index in [2.05, 4.69) is 10.3 Å². The van der Waals surface area contributed by atoms with E-state index in [1.165, 1.54) is 22.6 Å². The second kappa shape index (κ2) is 8.18. The highest BCUT2D eigenvalue weighted by Gasteiger charge is 2.25. The van der Waals surface area contributed by atoms with E-state index >= 15 is 0 Å². The summed E-state index contributed by atoms with van der Waals surface area (Å²) >= 11 is 0. The van der Waals surface area contributed by atoms with Crippen LogP contribution in [-0.4, -0.2) is 37.1 Å². The molecular formula is C18H23N3O4S. The number of benzene rings is 1. The minimum Gasteiger partial charge on any atom is -0.480 e. The molecule has 140 valence electrons. The van der Waals surface area contributed by atoms with Gasteiger partial charge in [0.2, 0.25) is 0 Å². The number of aliphatic carboxylic acids is 1. The van der Waals surface area contributed by atoms with Crippen molar-refractivity contribution in [1.29, 1.82) is 0 Å². The maximum Gasteiger partial charge on any atom is 0.326 e. The zero-order valence-electron chi connectivity index (χ0n) is 15.0. The van der Waals surface area contributed by atoms with Crippen molar-refractivity contribution in [3.63, 3.8) is 0 Å². The zero-order valence-corrected chi connectivity index (χ0v) is 15.8. The molecule has 2 N–H and O–H groups in total. The molecule has 0 saturated carbocycles. The lowest BCUT2D eigenvalue weighted by molar-refractivity contribution is -0.138. The summed E-state index contributed by atoms with van der Waals surface area (Å²) in [6.07, 6.45) is 1.24. The number of sulfonamides is 1. The lowest BCUT2D eigenvalue weighted by Crippen LogP contribution is -2.34. The first-order valence-corrected chi connectivity index (χ1v) is 9.74. The van der Waals surface area contributed by atoms with Crippen molar-refractivity contribution >= 4 is 27.5 Å². The van der Waals surface area contributed by atoms with Gasteiger partial charge in [-0.15, -0.1) is 0 Å². The SMILES string of the molecule is CCN(c1ccccc1)S(=O)(=O)c1ccc(N[C@H](C(=O)O)C(C)C)nc1. The number of carboxylic acids is 1. The van der Waals surface area contributed by atoms with E-state index in [1.54, 1.807) is 45.0 Å². The van der Waals surface area contributed by atoms with Crippen molar-refractivity contribution < 1.29 is 18.3 Å². The molecule has 0 aliphatic carbocycles. The molecule has 2 aromatic rings. The number of hydrogen-bond acceptors (Lipinski definition) is 5. The standard InChI is InChI=1S/C18H23N3O4S/c1-4-21(14-8-6-5-7-9-14)26(24,25)15-10-11-16(19-12-15)20-17(13(2)3)18(22)23/h5-13,17H,4H2,1-3H3,(H,19,20)(H,22,23)/t17-/m0/s1. The zero-order chi connectivity index (χ0) is 19.3. The van der Waals surface area contributed by atoms with Crippen LogP contribution in [0.1, 0.15) is 20.8 Å². The van der Waals surface area contributed by atoms with Crippen LogP contribution in [0.25, 0.3) is 0 Å². The van der Waals surface area contributed by atoms with Gasteiger partial charge in [-0.1, -0.05) is 32.0 Å². The van der Waals surface area contributed by atoms with Gasteiger partial charge in [-0.3, -0.25) is 4.31 Å². The summed E-state index contributed by atoms with van der Waals surface area (Å²) in [6.45, 7) is 5.60. The summed E-state index contributed by atoms with van der Waals surface area (Å²) in [4.78, 5) is 15.4. The average molecular weight is 377 g/mol. The van der Waals surface area contributed by atoms with Crippen LogP contribution < -0.4 is 9.62 Å². The molecule has 1 heterocycles. The number of aromatic nitrogens is 1. The van der Waals surface area contributed by atoms with E-state index in [4.69, 9.17) is 0 Å². The predicted octanol–water partition coefficient (Wildman–Crippen LogP) is 2.82. The van der Waals surface area contributed by atoms with Gasteiger partial charge in [-0.05, 0) is 37.1 Å². The van der Waals surface area contributed by atoms with Crippen LogP contribution >= 0.6 is 0 Å². The van der Waals surface area contributed by atoms with Crippen LogP contribution in [0.4, 0.5) is 11.5 Å². The van der Waals surface area contributed by atoms with Crippen LogP contribution in [-0.2, 0) is 14.8 Å². The Kier molecular flexibility index (Phi) is 6.20. The molecule has 1 aromatic carbocycles. The number of hydrogen-bond donors (Lipinski definition) is 2. The molecule has 1 atom stereocenters. The van der Waals surface area contributed by atoms with Gasteiger partial charge >= 0.3 is 5.97 Å². The molecule has 0 saturated heterocycles. The van der Waals surface area contributed by atoms with Crippen molar-refractivity contribution in [2.24, 2.45) is 5.92 Å². The summed E-state index contributed by atoms with van der Waals surface area (Å²) in [5.41, 5.74) is 0.572. The molecule has 0 amide bonds. The minimum absolute atomic E-state index is 0.0465. The average Bonchev–Trinajstić information content (AvgIpc) is 2.61. The molecule has 0 aliphatic heterocycles. The third-order valence-corrected chi connectivity index (χ3v) is 5.78. The molecule has 0 spiro atoms. The molecule has 2 rings (SSSR count). The van der Waals surface area contributed by atoms with Gasteiger partial charge < -0.3 is 10.4 Å². The summed E-state index contributed by atoms with van der Waals surface area (Å²) in [5.74, 6) is -0.820. The highest BCUT2D eigenvalue weighted by atomic mass is 32.2. The maximum atomic E-state index is 12.9. The van der Waals surface area contributed by atoms with Gasteiger partial charge in [0, 0.05) is 12.7 Å². The van der Waals surface area contributed by atoms with Crippen LogP contribution in [0, 0.1) is 5.92 Å². The number of pyridine rings is 1. The predicted molar refractivity (Wildman–Crippen MR) is 101 cm³/mol. The lowest BCUT2D eigenvalue weighted by atomic mass is 10.1. The van der Waals surface area contributed by atoms with Gasteiger partial charge in [0.25, 0.3) is 10.0 Å². The molecule has 0 unspecified atom stereocenters.